The third-order valence-corrected chi connectivity index (χ3v) is 3.07. The second-order valence-corrected chi connectivity index (χ2v) is 4.87. The van der Waals surface area contributed by atoms with E-state index in [-0.39, 0.29) is 12.5 Å². The number of likely N-dealkylation sites (N-methyl/N-ethyl adjacent to an activating group) is 1. The van der Waals surface area contributed by atoms with Crippen LogP contribution in [0.4, 0.5) is 0 Å². The molecule has 0 spiro atoms. The minimum absolute atomic E-state index is 0.285. The van der Waals surface area contributed by atoms with Gasteiger partial charge in [-0.2, -0.15) is 0 Å². The highest BCUT2D eigenvalue weighted by molar-refractivity contribution is 7.80. The zero-order valence-corrected chi connectivity index (χ0v) is 12.5. The lowest BCUT2D eigenvalue weighted by molar-refractivity contribution is -0.119. The van der Waals surface area contributed by atoms with Crippen LogP contribution in [0.1, 0.15) is 18.9 Å². The lowest BCUT2D eigenvalue weighted by atomic mass is 10.2. The fourth-order valence-electron chi connectivity index (χ4n) is 1.79. The average molecular weight is 295 g/mol. The molecule has 0 saturated heterocycles. The van der Waals surface area contributed by atoms with E-state index >= 15 is 0 Å². The maximum atomic E-state index is 10.8. The van der Waals surface area contributed by atoms with E-state index in [4.69, 9.17) is 28.4 Å². The van der Waals surface area contributed by atoms with Crippen molar-refractivity contribution in [3.8, 4) is 5.75 Å². The van der Waals surface area contributed by atoms with Crippen LogP contribution in [0.5, 0.6) is 5.75 Å². The number of carbonyl (C=O) groups excluding carboxylic acids is 1. The van der Waals surface area contributed by atoms with Gasteiger partial charge in [0.2, 0.25) is 5.91 Å². The van der Waals surface area contributed by atoms with Gasteiger partial charge in [-0.15, -0.1) is 0 Å². The van der Waals surface area contributed by atoms with Crippen LogP contribution in [0.15, 0.2) is 24.3 Å². The summed E-state index contributed by atoms with van der Waals surface area (Å²) in [4.78, 5) is 13.2. The number of primary amides is 1. The minimum atomic E-state index is -0.308. The second-order valence-electron chi connectivity index (χ2n) is 4.43. The monoisotopic (exact) mass is 295 g/mol. The Hall–Kier alpha value is -1.66. The number of benzene rings is 1. The second kappa shape index (κ2) is 8.50. The van der Waals surface area contributed by atoms with Gasteiger partial charge in [0.25, 0.3) is 0 Å². The number of nitrogens with zero attached hydrogens (tertiary/aromatic N) is 1. The summed E-state index contributed by atoms with van der Waals surface area (Å²) < 4.78 is 5.64. The molecule has 0 aliphatic carbocycles. The van der Waals surface area contributed by atoms with Gasteiger partial charge >= 0.3 is 0 Å². The van der Waals surface area contributed by atoms with Crippen LogP contribution in [-0.2, 0) is 4.79 Å². The summed E-state index contributed by atoms with van der Waals surface area (Å²) in [6.45, 7) is 4.41. The molecule has 0 fully saturated rings. The smallest absolute Gasteiger partial charge is 0.231 e. The number of rotatable bonds is 9. The largest absolute Gasteiger partial charge is 0.494 e. The van der Waals surface area contributed by atoms with E-state index in [1.165, 1.54) is 0 Å². The molecular formula is C14H21N3O2S. The first-order valence-corrected chi connectivity index (χ1v) is 6.97. The van der Waals surface area contributed by atoms with Crippen LogP contribution in [0.3, 0.4) is 0 Å². The minimum Gasteiger partial charge on any atom is -0.494 e. The van der Waals surface area contributed by atoms with Gasteiger partial charge in [0.1, 0.15) is 10.7 Å². The summed E-state index contributed by atoms with van der Waals surface area (Å²) in [5.41, 5.74) is 11.5. The van der Waals surface area contributed by atoms with Gasteiger partial charge in [-0.3, -0.25) is 9.69 Å². The van der Waals surface area contributed by atoms with Crippen LogP contribution in [-0.4, -0.2) is 42.0 Å². The van der Waals surface area contributed by atoms with Crippen LogP contribution >= 0.6 is 12.2 Å². The maximum Gasteiger partial charge on any atom is 0.231 e. The summed E-state index contributed by atoms with van der Waals surface area (Å²) in [6, 6.07) is 7.39. The normalized spacial score (nSPS) is 10.5. The van der Waals surface area contributed by atoms with E-state index in [9.17, 15) is 4.79 Å². The quantitative estimate of drug-likeness (QED) is 0.522. The summed E-state index contributed by atoms with van der Waals surface area (Å²) in [6.07, 6.45) is 0.818. The predicted molar refractivity (Wildman–Crippen MR) is 83.7 cm³/mol. The molecule has 6 heteroatoms. The van der Waals surface area contributed by atoms with Crippen molar-refractivity contribution in [3.63, 3.8) is 0 Å². The fourth-order valence-corrected chi connectivity index (χ4v) is 1.91. The van der Waals surface area contributed by atoms with Gasteiger partial charge in [-0.25, -0.2) is 0 Å². The van der Waals surface area contributed by atoms with Crippen molar-refractivity contribution in [2.45, 2.75) is 13.3 Å². The predicted octanol–water partition coefficient (Wildman–Crippen LogP) is 0.897. The van der Waals surface area contributed by atoms with Crippen molar-refractivity contribution in [1.29, 1.82) is 0 Å². The number of amides is 1. The number of ether oxygens (including phenoxy) is 1. The summed E-state index contributed by atoms with van der Waals surface area (Å²) >= 11 is 4.92. The lowest BCUT2D eigenvalue weighted by Crippen LogP contribution is -2.34. The molecule has 5 nitrogen and oxygen atoms in total. The molecule has 1 aromatic carbocycles. The van der Waals surface area contributed by atoms with Gasteiger partial charge in [-0.05, 0) is 25.1 Å². The molecule has 0 unspecified atom stereocenters. The number of hydrogen-bond acceptors (Lipinski definition) is 4. The molecule has 0 aliphatic rings. The van der Waals surface area contributed by atoms with E-state index in [1.807, 2.05) is 36.1 Å². The number of thiocarbonyl (C=S) groups is 1. The Labute approximate surface area is 124 Å². The zero-order valence-electron chi connectivity index (χ0n) is 11.7. The maximum absolute atomic E-state index is 10.8. The van der Waals surface area contributed by atoms with Crippen molar-refractivity contribution in [2.75, 3.05) is 26.2 Å². The van der Waals surface area contributed by atoms with Crippen LogP contribution in [0.25, 0.3) is 0 Å². The molecule has 1 amide bonds. The van der Waals surface area contributed by atoms with Crippen molar-refractivity contribution in [2.24, 2.45) is 11.5 Å². The number of carbonyl (C=O) groups is 1. The third kappa shape index (κ3) is 5.99. The van der Waals surface area contributed by atoms with E-state index in [0.717, 1.165) is 30.8 Å². The molecule has 0 radical (unpaired) electrons. The Morgan fingerprint density at radius 2 is 2.15 bits per heavy atom. The Morgan fingerprint density at radius 1 is 1.40 bits per heavy atom. The van der Waals surface area contributed by atoms with Crippen LogP contribution in [0.2, 0.25) is 0 Å². The van der Waals surface area contributed by atoms with Crippen LogP contribution < -0.4 is 16.2 Å². The molecule has 0 aliphatic heterocycles. The zero-order chi connectivity index (χ0) is 15.0. The lowest BCUT2D eigenvalue weighted by Gasteiger charge is -2.18. The molecule has 0 saturated carbocycles. The molecule has 1 rings (SSSR count). The highest BCUT2D eigenvalue weighted by atomic mass is 32.1. The molecule has 20 heavy (non-hydrogen) atoms. The Balaban J connectivity index is 2.35. The van der Waals surface area contributed by atoms with Gasteiger partial charge in [0.05, 0.1) is 13.2 Å². The fraction of sp³-hybridized carbons (Fsp3) is 0.429. The Morgan fingerprint density at radius 3 is 2.75 bits per heavy atom. The van der Waals surface area contributed by atoms with Gasteiger partial charge in [0.15, 0.2) is 0 Å². The highest BCUT2D eigenvalue weighted by Crippen LogP contribution is 2.13. The van der Waals surface area contributed by atoms with E-state index in [0.29, 0.717) is 11.6 Å². The van der Waals surface area contributed by atoms with Gasteiger partial charge in [-0.1, -0.05) is 31.3 Å². The molecule has 0 heterocycles. The highest BCUT2D eigenvalue weighted by Gasteiger charge is 2.05. The Kier molecular flexibility index (Phi) is 6.97. The third-order valence-electron chi connectivity index (χ3n) is 2.83. The first kappa shape index (κ1) is 16.4. The molecule has 4 N–H and O–H groups in total. The first-order chi connectivity index (χ1) is 9.52. The van der Waals surface area contributed by atoms with Crippen molar-refractivity contribution >= 4 is 23.1 Å². The van der Waals surface area contributed by atoms with Crippen LogP contribution in [0, 0.1) is 0 Å². The van der Waals surface area contributed by atoms with Crippen molar-refractivity contribution < 1.29 is 9.53 Å². The van der Waals surface area contributed by atoms with Crippen molar-refractivity contribution in [3.05, 3.63) is 29.8 Å². The van der Waals surface area contributed by atoms with Gasteiger partial charge in [0, 0.05) is 12.1 Å². The Bertz CT molecular complexity index is 465. The van der Waals surface area contributed by atoms with E-state index < -0.39 is 0 Å². The van der Waals surface area contributed by atoms with E-state index in [2.05, 4.69) is 0 Å². The number of hydrogen-bond donors (Lipinski definition) is 2. The SMILES string of the molecule is CCN(CCCOc1cccc(C(N)=S)c1)CC(N)=O. The molecule has 0 bridgehead atoms. The summed E-state index contributed by atoms with van der Waals surface area (Å²) in [5, 5.41) is 0. The summed E-state index contributed by atoms with van der Waals surface area (Å²) in [7, 11) is 0. The molecule has 0 aromatic heterocycles. The molecular weight excluding hydrogens is 274 g/mol. The molecule has 1 aromatic rings. The van der Waals surface area contributed by atoms with E-state index in [1.54, 1.807) is 0 Å². The number of nitrogens with two attached hydrogens (primary N) is 2. The summed E-state index contributed by atoms with van der Waals surface area (Å²) in [5.74, 6) is 0.435. The van der Waals surface area contributed by atoms with Gasteiger partial charge < -0.3 is 16.2 Å². The standard InChI is InChI=1S/C14H21N3O2S/c1-2-17(10-13(15)18)7-4-8-19-12-6-3-5-11(9-12)14(16)20/h3,5-6,9H,2,4,7-8,10H2,1H3,(H2,15,18)(H2,16,20). The first-order valence-electron chi connectivity index (χ1n) is 6.56. The topological polar surface area (TPSA) is 81.6 Å². The average Bonchev–Trinajstić information content (AvgIpc) is 2.42. The molecule has 110 valence electrons. The molecule has 0 atom stereocenters. The van der Waals surface area contributed by atoms with Crippen molar-refractivity contribution in [1.82, 2.24) is 4.90 Å².